The van der Waals surface area contributed by atoms with Crippen molar-refractivity contribution in [1.82, 2.24) is 0 Å². The number of anilines is 1. The minimum absolute atomic E-state index is 0.222. The summed E-state index contributed by atoms with van der Waals surface area (Å²) in [5.41, 5.74) is 2.11. The van der Waals surface area contributed by atoms with E-state index in [2.05, 4.69) is 32.2 Å². The molecule has 1 aliphatic carbocycles. The Labute approximate surface area is 151 Å². The molecule has 0 saturated heterocycles. The summed E-state index contributed by atoms with van der Waals surface area (Å²) in [5.74, 6) is -0.273. The molecule has 1 N–H and O–H groups in total. The van der Waals surface area contributed by atoms with Gasteiger partial charge in [-0.15, -0.1) is 11.3 Å². The summed E-state index contributed by atoms with van der Waals surface area (Å²) >= 11 is 1.49. The van der Waals surface area contributed by atoms with E-state index in [-0.39, 0.29) is 16.9 Å². The van der Waals surface area contributed by atoms with E-state index in [0.717, 1.165) is 24.8 Å². The Morgan fingerprint density at radius 2 is 2.16 bits per heavy atom. The van der Waals surface area contributed by atoms with Crippen LogP contribution in [0.1, 0.15) is 53.6 Å². The second kappa shape index (κ2) is 6.61. The molecule has 5 heteroatoms. The maximum Gasteiger partial charge on any atom is 0.256 e. The van der Waals surface area contributed by atoms with Crippen molar-refractivity contribution in [1.29, 1.82) is 5.26 Å². The zero-order valence-electron chi connectivity index (χ0n) is 14.6. The van der Waals surface area contributed by atoms with Crippen LogP contribution in [0, 0.1) is 28.5 Å². The molecule has 25 heavy (non-hydrogen) atoms. The number of amides is 1. The SMILES string of the molecule is CC(C)(C)[C@H]1CCc2c(sc(NC(=O)c3cccc(F)c3)c2C#N)C1. The second-order valence-corrected chi connectivity index (χ2v) is 8.70. The van der Waals surface area contributed by atoms with Crippen molar-refractivity contribution in [3.63, 3.8) is 0 Å². The van der Waals surface area contributed by atoms with Crippen molar-refractivity contribution >= 4 is 22.2 Å². The van der Waals surface area contributed by atoms with E-state index in [1.165, 1.54) is 34.4 Å². The van der Waals surface area contributed by atoms with Gasteiger partial charge < -0.3 is 5.32 Å². The van der Waals surface area contributed by atoms with Crippen LogP contribution in [0.4, 0.5) is 9.39 Å². The lowest BCUT2D eigenvalue weighted by atomic mass is 9.72. The Balaban J connectivity index is 1.88. The van der Waals surface area contributed by atoms with Gasteiger partial charge in [-0.2, -0.15) is 5.26 Å². The maximum absolute atomic E-state index is 13.3. The van der Waals surface area contributed by atoms with Crippen LogP contribution in [0.2, 0.25) is 0 Å². The molecule has 3 rings (SSSR count). The highest BCUT2D eigenvalue weighted by atomic mass is 32.1. The average Bonchev–Trinajstić information content (AvgIpc) is 2.90. The lowest BCUT2D eigenvalue weighted by Gasteiger charge is -2.33. The number of rotatable bonds is 2. The van der Waals surface area contributed by atoms with Crippen molar-refractivity contribution in [3.8, 4) is 6.07 Å². The molecule has 1 aliphatic rings. The number of thiophene rings is 1. The molecule has 0 spiro atoms. The summed E-state index contributed by atoms with van der Waals surface area (Å²) in [5, 5.41) is 12.9. The van der Waals surface area contributed by atoms with E-state index in [4.69, 9.17) is 0 Å². The molecule has 2 aromatic rings. The van der Waals surface area contributed by atoms with Crippen LogP contribution in [-0.2, 0) is 12.8 Å². The third kappa shape index (κ3) is 3.59. The normalized spacial score (nSPS) is 16.8. The first-order chi connectivity index (χ1) is 11.8. The summed E-state index contributed by atoms with van der Waals surface area (Å²) in [6.07, 6.45) is 2.86. The van der Waals surface area contributed by atoms with Crippen LogP contribution in [0.5, 0.6) is 0 Å². The topological polar surface area (TPSA) is 52.9 Å². The Bertz CT molecular complexity index is 858. The smallest absolute Gasteiger partial charge is 0.256 e. The summed E-state index contributed by atoms with van der Waals surface area (Å²) < 4.78 is 13.3. The largest absolute Gasteiger partial charge is 0.312 e. The van der Waals surface area contributed by atoms with Crippen LogP contribution < -0.4 is 5.32 Å². The van der Waals surface area contributed by atoms with E-state index < -0.39 is 5.82 Å². The molecular weight excluding hydrogens is 335 g/mol. The number of nitriles is 1. The van der Waals surface area contributed by atoms with E-state index in [9.17, 15) is 14.4 Å². The number of nitrogens with one attached hydrogen (secondary N) is 1. The van der Waals surface area contributed by atoms with E-state index in [1.807, 2.05) is 0 Å². The number of nitrogens with zero attached hydrogens (tertiary/aromatic N) is 1. The van der Waals surface area contributed by atoms with Crippen LogP contribution in [0.25, 0.3) is 0 Å². The van der Waals surface area contributed by atoms with Gasteiger partial charge >= 0.3 is 0 Å². The van der Waals surface area contributed by atoms with Gasteiger partial charge in [0, 0.05) is 10.4 Å². The summed E-state index contributed by atoms with van der Waals surface area (Å²) in [7, 11) is 0. The van der Waals surface area contributed by atoms with Gasteiger partial charge in [-0.3, -0.25) is 4.79 Å². The van der Waals surface area contributed by atoms with Crippen molar-refractivity contribution in [2.45, 2.75) is 40.0 Å². The Hall–Kier alpha value is -2.19. The van der Waals surface area contributed by atoms with Crippen molar-refractivity contribution in [3.05, 3.63) is 51.7 Å². The maximum atomic E-state index is 13.3. The fourth-order valence-electron chi connectivity index (χ4n) is 3.34. The molecule has 130 valence electrons. The standard InChI is InChI=1S/C20H21FN2OS/c1-20(2,3)13-7-8-15-16(11-22)19(25-17(15)10-13)23-18(24)12-5-4-6-14(21)9-12/h4-6,9,13H,7-8,10H2,1-3H3,(H,23,24)/t13-/m0/s1. The van der Waals surface area contributed by atoms with Crippen molar-refractivity contribution in [2.75, 3.05) is 5.32 Å². The van der Waals surface area contributed by atoms with Gasteiger partial charge in [-0.25, -0.2) is 4.39 Å². The molecule has 0 unspecified atom stereocenters. The lowest BCUT2D eigenvalue weighted by Crippen LogP contribution is -2.26. The third-order valence-electron chi connectivity index (χ3n) is 4.92. The highest BCUT2D eigenvalue weighted by Gasteiger charge is 2.32. The minimum Gasteiger partial charge on any atom is -0.312 e. The Morgan fingerprint density at radius 3 is 2.80 bits per heavy atom. The zero-order chi connectivity index (χ0) is 18.2. The van der Waals surface area contributed by atoms with Crippen LogP contribution in [0.15, 0.2) is 24.3 Å². The number of halogens is 1. The van der Waals surface area contributed by atoms with Gasteiger partial charge in [-0.05, 0) is 54.4 Å². The van der Waals surface area contributed by atoms with Crippen LogP contribution >= 0.6 is 11.3 Å². The molecule has 1 aromatic carbocycles. The minimum atomic E-state index is -0.452. The third-order valence-corrected chi connectivity index (χ3v) is 6.09. The van der Waals surface area contributed by atoms with E-state index in [0.29, 0.717) is 16.5 Å². The van der Waals surface area contributed by atoms with Crippen LogP contribution in [-0.4, -0.2) is 5.91 Å². The molecule has 1 amide bonds. The van der Waals surface area contributed by atoms with Gasteiger partial charge in [0.15, 0.2) is 0 Å². The Kier molecular flexibility index (Phi) is 4.66. The van der Waals surface area contributed by atoms with Gasteiger partial charge in [0.2, 0.25) is 0 Å². The predicted octanol–water partition coefficient (Wildman–Crippen LogP) is 5.16. The average molecular weight is 356 g/mol. The molecule has 0 saturated carbocycles. The first-order valence-corrected chi connectivity index (χ1v) is 9.23. The van der Waals surface area contributed by atoms with Crippen LogP contribution in [0.3, 0.4) is 0 Å². The summed E-state index contributed by atoms with van der Waals surface area (Å²) in [6.45, 7) is 6.73. The molecule has 0 bridgehead atoms. The molecule has 0 fully saturated rings. The number of hydrogen-bond donors (Lipinski definition) is 1. The highest BCUT2D eigenvalue weighted by Crippen LogP contribution is 2.44. The summed E-state index contributed by atoms with van der Waals surface area (Å²) in [4.78, 5) is 13.6. The van der Waals surface area contributed by atoms with Gasteiger partial charge in [0.05, 0.1) is 5.56 Å². The zero-order valence-corrected chi connectivity index (χ0v) is 15.5. The molecule has 1 heterocycles. The van der Waals surface area contributed by atoms with Gasteiger partial charge in [-0.1, -0.05) is 26.8 Å². The Morgan fingerprint density at radius 1 is 1.40 bits per heavy atom. The van der Waals surface area contributed by atoms with Crippen molar-refractivity contribution < 1.29 is 9.18 Å². The first kappa shape index (κ1) is 17.6. The molecule has 0 radical (unpaired) electrons. The molecule has 0 aliphatic heterocycles. The van der Waals surface area contributed by atoms with E-state index >= 15 is 0 Å². The molecule has 1 atom stereocenters. The van der Waals surface area contributed by atoms with Gasteiger partial charge in [0.1, 0.15) is 16.9 Å². The number of hydrogen-bond acceptors (Lipinski definition) is 3. The number of carbonyl (C=O) groups is 1. The molecular formula is C20H21FN2OS. The second-order valence-electron chi connectivity index (χ2n) is 7.59. The number of carbonyl (C=O) groups excluding carboxylic acids is 1. The quantitative estimate of drug-likeness (QED) is 0.808. The van der Waals surface area contributed by atoms with E-state index in [1.54, 1.807) is 6.07 Å². The highest BCUT2D eigenvalue weighted by molar-refractivity contribution is 7.16. The summed E-state index contributed by atoms with van der Waals surface area (Å²) in [6, 6.07) is 7.81. The van der Waals surface area contributed by atoms with Crippen molar-refractivity contribution in [2.24, 2.45) is 11.3 Å². The van der Waals surface area contributed by atoms with Gasteiger partial charge in [0.25, 0.3) is 5.91 Å². The number of benzene rings is 1. The fraction of sp³-hybridized carbons (Fsp3) is 0.400. The lowest BCUT2D eigenvalue weighted by molar-refractivity contribution is 0.102. The fourth-order valence-corrected chi connectivity index (χ4v) is 4.61. The molecule has 3 nitrogen and oxygen atoms in total. The molecule has 1 aromatic heterocycles. The monoisotopic (exact) mass is 356 g/mol. The predicted molar refractivity (Wildman–Crippen MR) is 98.4 cm³/mol. The number of fused-ring (bicyclic) bond motifs is 1. The first-order valence-electron chi connectivity index (χ1n) is 8.41.